The summed E-state index contributed by atoms with van der Waals surface area (Å²) in [6.07, 6.45) is 0.391. The second kappa shape index (κ2) is 7.36. The number of benzene rings is 2. The number of ketones is 1. The zero-order valence-corrected chi connectivity index (χ0v) is 12.1. The maximum atomic E-state index is 13.0. The van der Waals surface area contributed by atoms with Crippen molar-refractivity contribution in [3.8, 4) is 5.75 Å². The van der Waals surface area contributed by atoms with Gasteiger partial charge in [0.2, 0.25) is 5.91 Å². The minimum Gasteiger partial charge on any atom is -0.485 e. The summed E-state index contributed by atoms with van der Waals surface area (Å²) < 4.78 is 18.2. The third-order valence-corrected chi connectivity index (χ3v) is 2.98. The minimum absolute atomic E-state index is 0.0893. The minimum atomic E-state index is -0.416. The lowest BCUT2D eigenvalue weighted by Crippen LogP contribution is -2.12. The van der Waals surface area contributed by atoms with Crippen molar-refractivity contribution in [2.45, 2.75) is 13.3 Å². The van der Waals surface area contributed by atoms with Gasteiger partial charge in [-0.3, -0.25) is 9.59 Å². The lowest BCUT2D eigenvalue weighted by Gasteiger charge is -2.07. The van der Waals surface area contributed by atoms with Gasteiger partial charge in [-0.05, 0) is 36.4 Å². The van der Waals surface area contributed by atoms with Crippen molar-refractivity contribution in [3.05, 3.63) is 59.9 Å². The van der Waals surface area contributed by atoms with Gasteiger partial charge in [-0.2, -0.15) is 0 Å². The molecule has 0 aliphatic carbocycles. The zero-order valence-electron chi connectivity index (χ0n) is 12.1. The van der Waals surface area contributed by atoms with Crippen molar-refractivity contribution in [1.29, 1.82) is 0 Å². The average molecular weight is 301 g/mol. The second-order valence-electron chi connectivity index (χ2n) is 4.65. The number of ether oxygens (including phenoxy) is 1. The van der Waals surface area contributed by atoms with Crippen LogP contribution < -0.4 is 10.1 Å². The molecule has 1 N–H and O–H groups in total. The first-order chi connectivity index (χ1) is 10.6. The zero-order chi connectivity index (χ0) is 15.9. The Hall–Kier alpha value is -2.69. The van der Waals surface area contributed by atoms with E-state index in [2.05, 4.69) is 5.32 Å². The van der Waals surface area contributed by atoms with E-state index in [1.165, 1.54) is 18.2 Å². The van der Waals surface area contributed by atoms with Crippen LogP contribution in [0.25, 0.3) is 0 Å². The Labute approximate surface area is 127 Å². The van der Waals surface area contributed by atoms with Gasteiger partial charge in [0.25, 0.3) is 0 Å². The van der Waals surface area contributed by atoms with E-state index in [9.17, 15) is 14.0 Å². The molecule has 2 aromatic carbocycles. The molecule has 0 bridgehead atoms. The second-order valence-corrected chi connectivity index (χ2v) is 4.65. The van der Waals surface area contributed by atoms with E-state index in [-0.39, 0.29) is 18.3 Å². The molecule has 22 heavy (non-hydrogen) atoms. The number of carbonyl (C=O) groups excluding carboxylic acids is 2. The fourth-order valence-electron chi connectivity index (χ4n) is 1.78. The highest BCUT2D eigenvalue weighted by Gasteiger charge is 2.08. The van der Waals surface area contributed by atoms with Gasteiger partial charge in [-0.25, -0.2) is 4.39 Å². The van der Waals surface area contributed by atoms with E-state index >= 15 is 0 Å². The highest BCUT2D eigenvalue weighted by molar-refractivity contribution is 5.98. The molecule has 1 amide bonds. The molecule has 0 saturated carbocycles. The molecular weight excluding hydrogens is 285 g/mol. The van der Waals surface area contributed by atoms with Gasteiger partial charge >= 0.3 is 0 Å². The van der Waals surface area contributed by atoms with Crippen LogP contribution in [0.1, 0.15) is 23.7 Å². The van der Waals surface area contributed by atoms with Gasteiger partial charge in [0, 0.05) is 23.7 Å². The molecule has 4 nitrogen and oxygen atoms in total. The molecule has 0 fully saturated rings. The Bertz CT molecular complexity index is 668. The first-order valence-corrected chi connectivity index (χ1v) is 6.90. The molecule has 0 aliphatic heterocycles. The molecule has 0 radical (unpaired) electrons. The predicted molar refractivity (Wildman–Crippen MR) is 81.6 cm³/mol. The van der Waals surface area contributed by atoms with Crippen molar-refractivity contribution >= 4 is 17.4 Å². The molecule has 0 heterocycles. The number of carbonyl (C=O) groups is 2. The Kier molecular flexibility index (Phi) is 5.25. The van der Waals surface area contributed by atoms with Crippen LogP contribution in [-0.2, 0) is 4.79 Å². The number of anilines is 1. The SMILES string of the molecule is CCC(=O)Nc1ccc(C(=O)COc2cccc(F)c2)cc1. The van der Waals surface area contributed by atoms with Gasteiger partial charge in [-0.15, -0.1) is 0 Å². The summed E-state index contributed by atoms with van der Waals surface area (Å²) in [7, 11) is 0. The number of rotatable bonds is 6. The predicted octanol–water partition coefficient (Wildman–Crippen LogP) is 3.44. The Morgan fingerprint density at radius 1 is 1.14 bits per heavy atom. The van der Waals surface area contributed by atoms with Crippen LogP contribution in [0, 0.1) is 5.82 Å². The largest absolute Gasteiger partial charge is 0.485 e. The van der Waals surface area contributed by atoms with Crippen LogP contribution in [-0.4, -0.2) is 18.3 Å². The molecular formula is C17H16FNO3. The van der Waals surface area contributed by atoms with Crippen molar-refractivity contribution < 1.29 is 18.7 Å². The van der Waals surface area contributed by atoms with Crippen LogP contribution in [0.2, 0.25) is 0 Å². The summed E-state index contributed by atoms with van der Waals surface area (Å²) in [5.41, 5.74) is 1.10. The lowest BCUT2D eigenvalue weighted by atomic mass is 10.1. The van der Waals surface area contributed by atoms with E-state index in [1.54, 1.807) is 37.3 Å². The molecule has 114 valence electrons. The van der Waals surface area contributed by atoms with Gasteiger partial charge in [-0.1, -0.05) is 13.0 Å². The molecule has 5 heteroatoms. The topological polar surface area (TPSA) is 55.4 Å². The number of hydrogen-bond donors (Lipinski definition) is 1. The number of Topliss-reactive ketones (excluding diaryl/α,β-unsaturated/α-hetero) is 1. The fourth-order valence-corrected chi connectivity index (χ4v) is 1.78. The Balaban J connectivity index is 1.93. The molecule has 2 rings (SSSR count). The molecule has 0 atom stereocenters. The number of hydrogen-bond acceptors (Lipinski definition) is 3. The maximum absolute atomic E-state index is 13.0. The number of amides is 1. The highest BCUT2D eigenvalue weighted by Crippen LogP contribution is 2.14. The van der Waals surface area contributed by atoms with E-state index in [1.807, 2.05) is 0 Å². The van der Waals surface area contributed by atoms with Crippen molar-refractivity contribution in [3.63, 3.8) is 0 Å². The monoisotopic (exact) mass is 301 g/mol. The quantitative estimate of drug-likeness (QED) is 0.832. The maximum Gasteiger partial charge on any atom is 0.224 e. The summed E-state index contributed by atoms with van der Waals surface area (Å²) in [6.45, 7) is 1.58. The molecule has 0 aromatic heterocycles. The van der Waals surface area contributed by atoms with E-state index in [4.69, 9.17) is 4.74 Å². The first-order valence-electron chi connectivity index (χ1n) is 6.90. The average Bonchev–Trinajstić information content (AvgIpc) is 2.53. The summed E-state index contributed by atoms with van der Waals surface area (Å²) in [5.74, 6) is -0.424. The summed E-state index contributed by atoms with van der Waals surface area (Å²) in [4.78, 5) is 23.2. The Morgan fingerprint density at radius 2 is 1.86 bits per heavy atom. The first kappa shape index (κ1) is 15.7. The van der Waals surface area contributed by atoms with Crippen LogP contribution >= 0.6 is 0 Å². The third kappa shape index (κ3) is 4.41. The molecule has 2 aromatic rings. The van der Waals surface area contributed by atoms with Crippen molar-refractivity contribution in [1.82, 2.24) is 0 Å². The normalized spacial score (nSPS) is 10.1. The summed E-state index contributed by atoms with van der Waals surface area (Å²) in [6, 6.07) is 12.2. The molecule has 0 spiro atoms. The fraction of sp³-hybridized carbons (Fsp3) is 0.176. The van der Waals surface area contributed by atoms with E-state index in [0.29, 0.717) is 23.4 Å². The van der Waals surface area contributed by atoms with Crippen LogP contribution in [0.4, 0.5) is 10.1 Å². The lowest BCUT2D eigenvalue weighted by molar-refractivity contribution is -0.115. The number of halogens is 1. The summed E-state index contributed by atoms with van der Waals surface area (Å²) >= 11 is 0. The van der Waals surface area contributed by atoms with Crippen LogP contribution in [0.5, 0.6) is 5.75 Å². The Morgan fingerprint density at radius 3 is 2.50 bits per heavy atom. The van der Waals surface area contributed by atoms with E-state index in [0.717, 1.165) is 0 Å². The summed E-state index contributed by atoms with van der Waals surface area (Å²) in [5, 5.41) is 2.70. The van der Waals surface area contributed by atoms with Gasteiger partial charge < -0.3 is 10.1 Å². The number of nitrogens with one attached hydrogen (secondary N) is 1. The van der Waals surface area contributed by atoms with Gasteiger partial charge in [0.05, 0.1) is 0 Å². The third-order valence-electron chi connectivity index (χ3n) is 2.98. The highest BCUT2D eigenvalue weighted by atomic mass is 19.1. The van der Waals surface area contributed by atoms with Crippen LogP contribution in [0.3, 0.4) is 0 Å². The van der Waals surface area contributed by atoms with Crippen molar-refractivity contribution in [2.75, 3.05) is 11.9 Å². The van der Waals surface area contributed by atoms with E-state index < -0.39 is 5.82 Å². The molecule has 0 unspecified atom stereocenters. The van der Waals surface area contributed by atoms with Crippen molar-refractivity contribution in [2.24, 2.45) is 0 Å². The standard InChI is InChI=1S/C17H16FNO3/c1-2-17(21)19-14-8-6-12(7-9-14)16(20)11-22-15-5-3-4-13(18)10-15/h3-10H,2,11H2,1H3,(H,19,21). The van der Waals surface area contributed by atoms with Gasteiger partial charge in [0.15, 0.2) is 12.4 Å². The molecule has 0 saturated heterocycles. The molecule has 0 aliphatic rings. The smallest absolute Gasteiger partial charge is 0.224 e. The van der Waals surface area contributed by atoms with Crippen LogP contribution in [0.15, 0.2) is 48.5 Å². The van der Waals surface area contributed by atoms with Gasteiger partial charge in [0.1, 0.15) is 11.6 Å².